The maximum atomic E-state index is 5.52. The van der Waals surface area contributed by atoms with Crippen LogP contribution in [0.1, 0.15) is 5.69 Å². The number of methoxy groups -OCH3 is 1. The molecule has 1 aromatic carbocycles. The molecule has 2 N–H and O–H groups in total. The molecule has 0 atom stereocenters. The lowest BCUT2D eigenvalue weighted by Crippen LogP contribution is -1.99. The van der Waals surface area contributed by atoms with Gasteiger partial charge in [0.1, 0.15) is 5.75 Å². The van der Waals surface area contributed by atoms with Crippen LogP contribution in [-0.2, 0) is 6.54 Å². The monoisotopic (exact) mass is 188 g/mol. The molecule has 0 aliphatic carbocycles. The lowest BCUT2D eigenvalue weighted by atomic mass is 10.2. The third kappa shape index (κ3) is 1.42. The minimum atomic E-state index is 0.465. The minimum absolute atomic E-state index is 0.465. The largest absolute Gasteiger partial charge is 0.496 e. The highest BCUT2D eigenvalue weighted by Crippen LogP contribution is 2.23. The SMILES string of the molecule is COc1cccc2nc(CN)ccc12. The van der Waals surface area contributed by atoms with Crippen LogP contribution in [0.5, 0.6) is 5.75 Å². The van der Waals surface area contributed by atoms with Crippen LogP contribution in [0.4, 0.5) is 0 Å². The van der Waals surface area contributed by atoms with Crippen molar-refractivity contribution in [2.24, 2.45) is 5.73 Å². The van der Waals surface area contributed by atoms with Gasteiger partial charge in [0.05, 0.1) is 18.3 Å². The molecule has 0 radical (unpaired) electrons. The number of aromatic nitrogens is 1. The lowest BCUT2D eigenvalue weighted by molar-refractivity contribution is 0.419. The standard InChI is InChI=1S/C11H12N2O/c1-14-11-4-2-3-10-9(11)6-5-8(7-12)13-10/h2-6H,7,12H2,1H3. The number of nitrogens with two attached hydrogens (primary N) is 1. The maximum absolute atomic E-state index is 5.52. The molecule has 1 aromatic heterocycles. The van der Waals surface area contributed by atoms with Crippen LogP contribution < -0.4 is 10.5 Å². The first-order valence-corrected chi connectivity index (χ1v) is 4.48. The molecule has 3 heteroatoms. The minimum Gasteiger partial charge on any atom is -0.496 e. The van der Waals surface area contributed by atoms with E-state index in [1.165, 1.54) is 0 Å². The molecule has 0 saturated heterocycles. The van der Waals surface area contributed by atoms with E-state index in [9.17, 15) is 0 Å². The van der Waals surface area contributed by atoms with Crippen molar-refractivity contribution in [2.45, 2.75) is 6.54 Å². The van der Waals surface area contributed by atoms with Crippen molar-refractivity contribution < 1.29 is 4.74 Å². The summed E-state index contributed by atoms with van der Waals surface area (Å²) in [5.41, 5.74) is 7.34. The van der Waals surface area contributed by atoms with Gasteiger partial charge in [-0.05, 0) is 24.3 Å². The predicted octanol–water partition coefficient (Wildman–Crippen LogP) is 1.70. The second kappa shape index (κ2) is 3.64. The summed E-state index contributed by atoms with van der Waals surface area (Å²) in [7, 11) is 1.66. The van der Waals surface area contributed by atoms with Gasteiger partial charge in [0, 0.05) is 11.9 Å². The van der Waals surface area contributed by atoms with Gasteiger partial charge in [-0.1, -0.05) is 6.07 Å². The molecule has 0 fully saturated rings. The predicted molar refractivity (Wildman–Crippen MR) is 56.2 cm³/mol. The van der Waals surface area contributed by atoms with Gasteiger partial charge in [0.2, 0.25) is 0 Å². The smallest absolute Gasteiger partial charge is 0.128 e. The molecule has 0 bridgehead atoms. The van der Waals surface area contributed by atoms with Crippen molar-refractivity contribution >= 4 is 10.9 Å². The van der Waals surface area contributed by atoms with Crippen LogP contribution in [-0.4, -0.2) is 12.1 Å². The molecule has 2 rings (SSSR count). The highest BCUT2D eigenvalue weighted by molar-refractivity contribution is 5.85. The number of pyridine rings is 1. The molecule has 14 heavy (non-hydrogen) atoms. The molecule has 3 nitrogen and oxygen atoms in total. The van der Waals surface area contributed by atoms with E-state index in [1.807, 2.05) is 30.3 Å². The van der Waals surface area contributed by atoms with E-state index in [4.69, 9.17) is 10.5 Å². The zero-order valence-electron chi connectivity index (χ0n) is 8.03. The molecule has 0 saturated carbocycles. The summed E-state index contributed by atoms with van der Waals surface area (Å²) in [4.78, 5) is 4.40. The molecule has 72 valence electrons. The summed E-state index contributed by atoms with van der Waals surface area (Å²) in [6.07, 6.45) is 0. The van der Waals surface area contributed by atoms with Crippen molar-refractivity contribution in [3.05, 3.63) is 36.0 Å². The molecule has 0 aliphatic heterocycles. The molecular weight excluding hydrogens is 176 g/mol. The molecule has 0 spiro atoms. The maximum Gasteiger partial charge on any atom is 0.128 e. The fraction of sp³-hybridized carbons (Fsp3) is 0.182. The second-order valence-electron chi connectivity index (χ2n) is 3.03. The van der Waals surface area contributed by atoms with Gasteiger partial charge >= 0.3 is 0 Å². The van der Waals surface area contributed by atoms with E-state index in [2.05, 4.69) is 4.98 Å². The quantitative estimate of drug-likeness (QED) is 0.780. The molecule has 0 unspecified atom stereocenters. The lowest BCUT2D eigenvalue weighted by Gasteiger charge is -2.05. The van der Waals surface area contributed by atoms with Gasteiger partial charge < -0.3 is 10.5 Å². The Labute approximate surface area is 82.5 Å². The first-order valence-electron chi connectivity index (χ1n) is 4.48. The van der Waals surface area contributed by atoms with E-state index in [0.717, 1.165) is 22.3 Å². The molecule has 0 aliphatic rings. The molecular formula is C11H12N2O. The number of benzene rings is 1. The summed E-state index contributed by atoms with van der Waals surface area (Å²) in [6, 6.07) is 9.71. The van der Waals surface area contributed by atoms with Crippen molar-refractivity contribution in [3.63, 3.8) is 0 Å². The summed E-state index contributed by atoms with van der Waals surface area (Å²) >= 11 is 0. The Morgan fingerprint density at radius 2 is 2.14 bits per heavy atom. The second-order valence-corrected chi connectivity index (χ2v) is 3.03. The Kier molecular flexibility index (Phi) is 2.33. The Hall–Kier alpha value is -1.61. The van der Waals surface area contributed by atoms with Crippen LogP contribution in [0, 0.1) is 0 Å². The van der Waals surface area contributed by atoms with E-state index in [-0.39, 0.29) is 0 Å². The van der Waals surface area contributed by atoms with Crippen LogP contribution in [0.25, 0.3) is 10.9 Å². The Balaban J connectivity index is 2.67. The zero-order chi connectivity index (χ0) is 9.97. The van der Waals surface area contributed by atoms with Crippen LogP contribution >= 0.6 is 0 Å². The van der Waals surface area contributed by atoms with Gasteiger partial charge in [0.25, 0.3) is 0 Å². The van der Waals surface area contributed by atoms with Crippen LogP contribution in [0.15, 0.2) is 30.3 Å². The van der Waals surface area contributed by atoms with Gasteiger partial charge in [-0.2, -0.15) is 0 Å². The third-order valence-electron chi connectivity index (χ3n) is 2.18. The van der Waals surface area contributed by atoms with E-state index < -0.39 is 0 Å². The van der Waals surface area contributed by atoms with Crippen molar-refractivity contribution in [1.29, 1.82) is 0 Å². The summed E-state index contributed by atoms with van der Waals surface area (Å²) in [6.45, 7) is 0.465. The van der Waals surface area contributed by atoms with Crippen molar-refractivity contribution in [1.82, 2.24) is 4.98 Å². The highest BCUT2D eigenvalue weighted by Gasteiger charge is 2.01. The third-order valence-corrected chi connectivity index (χ3v) is 2.18. The van der Waals surface area contributed by atoms with Gasteiger partial charge in [-0.25, -0.2) is 0 Å². The van der Waals surface area contributed by atoms with Gasteiger partial charge in [-0.15, -0.1) is 0 Å². The number of nitrogens with zero attached hydrogens (tertiary/aromatic N) is 1. The summed E-state index contributed by atoms with van der Waals surface area (Å²) in [5, 5.41) is 1.02. The molecule has 2 aromatic rings. The summed E-state index contributed by atoms with van der Waals surface area (Å²) < 4.78 is 5.23. The fourth-order valence-corrected chi connectivity index (χ4v) is 1.46. The topological polar surface area (TPSA) is 48.1 Å². The van der Waals surface area contributed by atoms with Crippen LogP contribution in [0.2, 0.25) is 0 Å². The average Bonchev–Trinajstić information content (AvgIpc) is 2.27. The number of hydrogen-bond donors (Lipinski definition) is 1. The fourth-order valence-electron chi connectivity index (χ4n) is 1.46. The normalized spacial score (nSPS) is 10.4. The first kappa shape index (κ1) is 8.97. The highest BCUT2D eigenvalue weighted by atomic mass is 16.5. The van der Waals surface area contributed by atoms with E-state index >= 15 is 0 Å². The van der Waals surface area contributed by atoms with E-state index in [0.29, 0.717) is 6.54 Å². The van der Waals surface area contributed by atoms with Gasteiger partial charge in [-0.3, -0.25) is 4.98 Å². The Morgan fingerprint density at radius 3 is 2.86 bits per heavy atom. The number of hydrogen-bond acceptors (Lipinski definition) is 3. The van der Waals surface area contributed by atoms with Crippen LogP contribution in [0.3, 0.4) is 0 Å². The van der Waals surface area contributed by atoms with Gasteiger partial charge in [0.15, 0.2) is 0 Å². The summed E-state index contributed by atoms with van der Waals surface area (Å²) in [5.74, 6) is 0.846. The Morgan fingerprint density at radius 1 is 1.29 bits per heavy atom. The first-order chi connectivity index (χ1) is 6.85. The average molecular weight is 188 g/mol. The van der Waals surface area contributed by atoms with Crippen molar-refractivity contribution in [2.75, 3.05) is 7.11 Å². The van der Waals surface area contributed by atoms with E-state index in [1.54, 1.807) is 7.11 Å². The number of ether oxygens (including phenoxy) is 1. The number of fused-ring (bicyclic) bond motifs is 1. The Bertz CT molecular complexity index is 454. The molecule has 0 amide bonds. The zero-order valence-corrected chi connectivity index (χ0v) is 8.03. The molecule has 1 heterocycles. The van der Waals surface area contributed by atoms with Crippen molar-refractivity contribution in [3.8, 4) is 5.75 Å². The number of rotatable bonds is 2.